The Morgan fingerprint density at radius 1 is 1.35 bits per heavy atom. The second-order valence-corrected chi connectivity index (χ2v) is 6.19. The molecule has 0 spiro atoms. The van der Waals surface area contributed by atoms with Crippen LogP contribution in [-0.2, 0) is 4.79 Å². The maximum atomic E-state index is 12.6. The molecule has 1 aliphatic heterocycles. The lowest BCUT2D eigenvalue weighted by molar-refractivity contribution is -0.137. The average molecular weight is 238 g/mol. The summed E-state index contributed by atoms with van der Waals surface area (Å²) in [6, 6.07) is 1.06. The van der Waals surface area contributed by atoms with Crippen molar-refractivity contribution < 1.29 is 4.79 Å². The fourth-order valence-electron chi connectivity index (χ4n) is 2.79. The van der Waals surface area contributed by atoms with Crippen molar-refractivity contribution in [2.45, 2.75) is 58.5 Å². The molecule has 1 aliphatic carbocycles. The van der Waals surface area contributed by atoms with Crippen molar-refractivity contribution in [3.8, 4) is 0 Å². The van der Waals surface area contributed by atoms with Crippen molar-refractivity contribution in [3.05, 3.63) is 0 Å². The van der Waals surface area contributed by atoms with E-state index in [2.05, 4.69) is 31.0 Å². The van der Waals surface area contributed by atoms with Gasteiger partial charge in [-0.3, -0.25) is 4.79 Å². The topological polar surface area (TPSA) is 32.3 Å². The molecule has 0 unspecified atom stereocenters. The van der Waals surface area contributed by atoms with E-state index in [0.717, 1.165) is 25.9 Å². The molecule has 0 aromatic rings. The molecule has 17 heavy (non-hydrogen) atoms. The summed E-state index contributed by atoms with van der Waals surface area (Å²) < 4.78 is 0. The van der Waals surface area contributed by atoms with Gasteiger partial charge < -0.3 is 10.2 Å². The van der Waals surface area contributed by atoms with Gasteiger partial charge >= 0.3 is 0 Å². The highest BCUT2D eigenvalue weighted by Crippen LogP contribution is 2.30. The molecule has 1 saturated carbocycles. The van der Waals surface area contributed by atoms with Crippen LogP contribution in [0.15, 0.2) is 0 Å². The number of nitrogens with zero attached hydrogens (tertiary/aromatic N) is 1. The molecule has 1 amide bonds. The Morgan fingerprint density at radius 2 is 2.06 bits per heavy atom. The van der Waals surface area contributed by atoms with Gasteiger partial charge in [-0.25, -0.2) is 0 Å². The zero-order valence-corrected chi connectivity index (χ0v) is 11.4. The number of carbonyl (C=O) groups is 1. The summed E-state index contributed by atoms with van der Waals surface area (Å²) in [5.74, 6) is 1.28. The van der Waals surface area contributed by atoms with Crippen LogP contribution in [0.2, 0.25) is 0 Å². The molecular weight excluding hydrogens is 212 g/mol. The second kappa shape index (κ2) is 5.38. The Kier molecular flexibility index (Phi) is 4.08. The van der Waals surface area contributed by atoms with Crippen molar-refractivity contribution in [1.29, 1.82) is 0 Å². The lowest BCUT2D eigenvalue weighted by Gasteiger charge is -2.33. The molecule has 1 heterocycles. The molecule has 0 radical (unpaired) electrons. The minimum Gasteiger partial charge on any atom is -0.339 e. The summed E-state index contributed by atoms with van der Waals surface area (Å²) in [5.41, 5.74) is 0. The van der Waals surface area contributed by atoms with Gasteiger partial charge in [-0.1, -0.05) is 13.8 Å². The van der Waals surface area contributed by atoms with E-state index in [4.69, 9.17) is 0 Å². The molecular formula is C14H26N2O. The molecule has 2 fully saturated rings. The van der Waals surface area contributed by atoms with Gasteiger partial charge in [0.2, 0.25) is 5.91 Å². The van der Waals surface area contributed by atoms with Crippen molar-refractivity contribution >= 4 is 5.91 Å². The van der Waals surface area contributed by atoms with Crippen LogP contribution >= 0.6 is 0 Å². The molecule has 2 aliphatic rings. The minimum atomic E-state index is 0.269. The van der Waals surface area contributed by atoms with Crippen molar-refractivity contribution in [3.63, 3.8) is 0 Å². The van der Waals surface area contributed by atoms with Crippen LogP contribution in [0.25, 0.3) is 0 Å². The first-order valence-corrected chi connectivity index (χ1v) is 7.11. The molecule has 1 N–H and O–H groups in total. The SMILES string of the molecule is CC(C)CN(C(=O)[C@H]1CCN[C@@H](C)C1)C1CC1. The lowest BCUT2D eigenvalue weighted by Crippen LogP contribution is -2.46. The number of rotatable bonds is 4. The van der Waals surface area contributed by atoms with Crippen molar-refractivity contribution in [1.82, 2.24) is 10.2 Å². The third kappa shape index (κ3) is 3.44. The first-order chi connectivity index (χ1) is 8.08. The van der Waals surface area contributed by atoms with Gasteiger partial charge in [0.15, 0.2) is 0 Å². The van der Waals surface area contributed by atoms with Crippen molar-refractivity contribution in [2.24, 2.45) is 11.8 Å². The van der Waals surface area contributed by atoms with Crippen LogP contribution in [0.4, 0.5) is 0 Å². The molecule has 2 rings (SSSR count). The second-order valence-electron chi connectivity index (χ2n) is 6.19. The van der Waals surface area contributed by atoms with E-state index in [-0.39, 0.29) is 5.92 Å². The normalized spacial score (nSPS) is 29.4. The molecule has 2 atom stereocenters. The molecule has 98 valence electrons. The predicted molar refractivity (Wildman–Crippen MR) is 69.8 cm³/mol. The highest BCUT2D eigenvalue weighted by Gasteiger charge is 2.36. The summed E-state index contributed by atoms with van der Waals surface area (Å²) >= 11 is 0. The lowest BCUT2D eigenvalue weighted by atomic mass is 9.91. The number of amides is 1. The van der Waals surface area contributed by atoms with Gasteiger partial charge in [-0.05, 0) is 45.1 Å². The zero-order valence-electron chi connectivity index (χ0n) is 11.4. The third-order valence-corrected chi connectivity index (χ3v) is 3.81. The number of hydrogen-bond acceptors (Lipinski definition) is 2. The fourth-order valence-corrected chi connectivity index (χ4v) is 2.79. The molecule has 0 aromatic heterocycles. The largest absolute Gasteiger partial charge is 0.339 e. The van der Waals surface area contributed by atoms with Crippen LogP contribution < -0.4 is 5.32 Å². The van der Waals surface area contributed by atoms with Gasteiger partial charge in [-0.2, -0.15) is 0 Å². The summed E-state index contributed by atoms with van der Waals surface area (Å²) in [6.45, 7) is 8.53. The van der Waals surface area contributed by atoms with Gasteiger partial charge in [0.1, 0.15) is 0 Å². The number of carbonyl (C=O) groups excluding carboxylic acids is 1. The average Bonchev–Trinajstić information content (AvgIpc) is 3.08. The zero-order chi connectivity index (χ0) is 12.4. The Bertz CT molecular complexity index is 273. The predicted octanol–water partition coefficient (Wildman–Crippen LogP) is 2.02. The van der Waals surface area contributed by atoms with Crippen molar-refractivity contribution in [2.75, 3.05) is 13.1 Å². The summed E-state index contributed by atoms with van der Waals surface area (Å²) in [4.78, 5) is 14.7. The first kappa shape index (κ1) is 12.9. The van der Waals surface area contributed by atoms with E-state index in [1.54, 1.807) is 0 Å². The van der Waals surface area contributed by atoms with Crippen LogP contribution in [0.5, 0.6) is 0 Å². The quantitative estimate of drug-likeness (QED) is 0.812. The maximum absolute atomic E-state index is 12.6. The third-order valence-electron chi connectivity index (χ3n) is 3.81. The van der Waals surface area contributed by atoms with E-state index in [0.29, 0.717) is 23.9 Å². The van der Waals surface area contributed by atoms with E-state index in [1.165, 1.54) is 12.8 Å². The van der Waals surface area contributed by atoms with E-state index < -0.39 is 0 Å². The highest BCUT2D eigenvalue weighted by atomic mass is 16.2. The van der Waals surface area contributed by atoms with Gasteiger partial charge in [-0.15, -0.1) is 0 Å². The van der Waals surface area contributed by atoms with Gasteiger partial charge in [0.05, 0.1) is 0 Å². The molecule has 1 saturated heterocycles. The molecule has 0 bridgehead atoms. The Morgan fingerprint density at radius 3 is 2.59 bits per heavy atom. The van der Waals surface area contributed by atoms with Crippen LogP contribution in [0, 0.1) is 11.8 Å². The molecule has 3 heteroatoms. The van der Waals surface area contributed by atoms with Crippen LogP contribution in [0.3, 0.4) is 0 Å². The van der Waals surface area contributed by atoms with E-state index in [1.807, 2.05) is 0 Å². The number of hydrogen-bond donors (Lipinski definition) is 1. The van der Waals surface area contributed by atoms with E-state index in [9.17, 15) is 4.79 Å². The standard InChI is InChI=1S/C14H26N2O/c1-10(2)9-16(13-4-5-13)14(17)12-6-7-15-11(3)8-12/h10-13,15H,4-9H2,1-3H3/t11-,12-/m0/s1. The van der Waals surface area contributed by atoms with Gasteiger partial charge in [0.25, 0.3) is 0 Å². The van der Waals surface area contributed by atoms with Crippen LogP contribution in [0.1, 0.15) is 46.5 Å². The Balaban J connectivity index is 1.95. The minimum absolute atomic E-state index is 0.269. The maximum Gasteiger partial charge on any atom is 0.226 e. The summed E-state index contributed by atoms with van der Waals surface area (Å²) in [7, 11) is 0. The smallest absolute Gasteiger partial charge is 0.226 e. The fraction of sp³-hybridized carbons (Fsp3) is 0.929. The number of piperidine rings is 1. The Hall–Kier alpha value is -0.570. The van der Waals surface area contributed by atoms with E-state index >= 15 is 0 Å². The molecule has 3 nitrogen and oxygen atoms in total. The van der Waals surface area contributed by atoms with Crippen LogP contribution in [-0.4, -0.2) is 36.0 Å². The summed E-state index contributed by atoms with van der Waals surface area (Å²) in [5, 5.41) is 3.42. The van der Waals surface area contributed by atoms with Gasteiger partial charge in [0, 0.05) is 24.5 Å². The highest BCUT2D eigenvalue weighted by molar-refractivity contribution is 5.79. The first-order valence-electron chi connectivity index (χ1n) is 7.11. The Labute approximate surface area is 105 Å². The number of nitrogens with one attached hydrogen (secondary N) is 1. The monoisotopic (exact) mass is 238 g/mol. The summed E-state index contributed by atoms with van der Waals surface area (Å²) in [6.07, 6.45) is 4.47. The molecule has 0 aromatic carbocycles.